The van der Waals surface area contributed by atoms with Crippen molar-refractivity contribution < 1.29 is 14.5 Å². The minimum atomic E-state index is -0.611. The van der Waals surface area contributed by atoms with E-state index in [9.17, 15) is 4.91 Å². The maximum atomic E-state index is 11.7. The summed E-state index contributed by atoms with van der Waals surface area (Å²) in [6.07, 6.45) is -0.143. The van der Waals surface area contributed by atoms with Crippen LogP contribution in [0.15, 0.2) is 30.0 Å². The lowest BCUT2D eigenvalue weighted by atomic mass is 9.92. The van der Waals surface area contributed by atoms with Crippen molar-refractivity contribution in [1.29, 1.82) is 5.41 Å². The van der Waals surface area contributed by atoms with Gasteiger partial charge < -0.3 is 4.74 Å². The number of allylic oxidation sites excluding steroid dienone is 1. The van der Waals surface area contributed by atoms with Crippen LogP contribution in [-0.4, -0.2) is 23.7 Å². The summed E-state index contributed by atoms with van der Waals surface area (Å²) in [5.41, 5.74) is 1.02. The number of benzene rings is 1. The van der Waals surface area contributed by atoms with Crippen LogP contribution in [0.1, 0.15) is 24.8 Å². The van der Waals surface area contributed by atoms with Crippen molar-refractivity contribution in [2.45, 2.75) is 25.6 Å². The zero-order valence-corrected chi connectivity index (χ0v) is 11.2. The highest BCUT2D eigenvalue weighted by Crippen LogP contribution is 2.34. The standard InChI is InChI=1S/C13H14ClN2O3/c1-2-18-13-7-11(12(8-15)16(17)19-13)9-3-5-10(14)6-4-9/h3-6,11,13,15H,2,7H2,1H3/q+1/t11-,13+/m0/s1. The van der Waals surface area contributed by atoms with Gasteiger partial charge in [-0.25, -0.2) is 0 Å². The van der Waals surface area contributed by atoms with Gasteiger partial charge in [-0.3, -0.25) is 5.41 Å². The Morgan fingerprint density at radius 3 is 2.79 bits per heavy atom. The Bertz CT molecular complexity index is 523. The molecule has 6 heteroatoms. The normalized spacial score (nSPS) is 22.8. The fourth-order valence-electron chi connectivity index (χ4n) is 2.04. The van der Waals surface area contributed by atoms with Gasteiger partial charge in [-0.05, 0) is 24.6 Å². The molecule has 1 aliphatic heterocycles. The lowest BCUT2D eigenvalue weighted by Crippen LogP contribution is -2.33. The van der Waals surface area contributed by atoms with E-state index < -0.39 is 6.29 Å². The molecule has 1 aliphatic rings. The van der Waals surface area contributed by atoms with Crippen molar-refractivity contribution >= 4 is 17.5 Å². The first kappa shape index (κ1) is 13.7. The number of nitrogens with zero attached hydrogens (tertiary/aromatic N) is 1. The van der Waals surface area contributed by atoms with Gasteiger partial charge in [0.05, 0.1) is 16.7 Å². The maximum Gasteiger partial charge on any atom is 0.361 e. The Kier molecular flexibility index (Phi) is 4.32. The van der Waals surface area contributed by atoms with E-state index in [2.05, 4.69) is 5.87 Å². The van der Waals surface area contributed by atoms with E-state index in [1.54, 1.807) is 12.1 Å². The van der Waals surface area contributed by atoms with E-state index >= 15 is 0 Å². The second-order valence-corrected chi connectivity index (χ2v) is 4.53. The molecule has 0 aromatic heterocycles. The molecule has 1 aromatic rings. The summed E-state index contributed by atoms with van der Waals surface area (Å²) in [5, 5.41) is 7.86. The van der Waals surface area contributed by atoms with Crippen LogP contribution in [0, 0.1) is 10.3 Å². The van der Waals surface area contributed by atoms with Crippen LogP contribution in [-0.2, 0) is 9.57 Å². The maximum absolute atomic E-state index is 11.7. The average Bonchev–Trinajstić information content (AvgIpc) is 2.39. The van der Waals surface area contributed by atoms with Gasteiger partial charge in [0.25, 0.3) is 11.2 Å². The third-order valence-electron chi connectivity index (χ3n) is 2.92. The fraction of sp³-hybridized carbons (Fsp3) is 0.385. The third-order valence-corrected chi connectivity index (χ3v) is 3.17. The smallest absolute Gasteiger partial charge is 0.338 e. The van der Waals surface area contributed by atoms with Gasteiger partial charge in [0, 0.05) is 18.1 Å². The van der Waals surface area contributed by atoms with Crippen LogP contribution < -0.4 is 0 Å². The quantitative estimate of drug-likeness (QED) is 0.866. The molecular weight excluding hydrogens is 268 g/mol. The molecule has 5 nitrogen and oxygen atoms in total. The molecular formula is C13H14ClN2O3+. The van der Waals surface area contributed by atoms with E-state index in [0.29, 0.717) is 23.0 Å². The summed E-state index contributed by atoms with van der Waals surface area (Å²) in [6.45, 7) is 2.28. The van der Waals surface area contributed by atoms with Gasteiger partial charge in [0.2, 0.25) is 0 Å². The van der Waals surface area contributed by atoms with Crippen LogP contribution in [0.4, 0.5) is 0 Å². The van der Waals surface area contributed by atoms with Crippen LogP contribution >= 0.6 is 11.6 Å². The highest BCUT2D eigenvalue weighted by Gasteiger charge is 2.43. The van der Waals surface area contributed by atoms with Crippen molar-refractivity contribution in [1.82, 2.24) is 0 Å². The molecule has 0 spiro atoms. The first-order valence-electron chi connectivity index (χ1n) is 5.96. The van der Waals surface area contributed by atoms with Crippen LogP contribution in [0.25, 0.3) is 0 Å². The molecule has 0 saturated carbocycles. The fourth-order valence-corrected chi connectivity index (χ4v) is 2.17. The minimum Gasteiger partial charge on any atom is -0.338 e. The monoisotopic (exact) mass is 281 g/mol. The molecule has 1 N–H and O–H groups in total. The molecule has 0 aliphatic carbocycles. The molecule has 0 bridgehead atoms. The van der Waals surface area contributed by atoms with Gasteiger partial charge in [-0.2, -0.15) is 4.84 Å². The predicted molar refractivity (Wildman–Crippen MR) is 70.2 cm³/mol. The molecule has 1 aromatic carbocycles. The Morgan fingerprint density at radius 1 is 1.53 bits per heavy atom. The number of nitrogens with one attached hydrogen (secondary N) is 1. The van der Waals surface area contributed by atoms with Crippen molar-refractivity contribution in [2.24, 2.45) is 0 Å². The molecule has 2 rings (SSSR count). The lowest BCUT2D eigenvalue weighted by molar-refractivity contribution is -0.801. The second kappa shape index (κ2) is 5.97. The second-order valence-electron chi connectivity index (χ2n) is 4.10. The molecule has 19 heavy (non-hydrogen) atoms. The molecule has 1 saturated heterocycles. The van der Waals surface area contributed by atoms with Crippen molar-refractivity contribution in [2.75, 3.05) is 6.61 Å². The SMILES string of the molecule is CCO[C@H]1C[C@@H](c2ccc(Cl)cc2)C(=C=N)[N+](=O)O1. The van der Waals surface area contributed by atoms with Crippen LogP contribution in [0.3, 0.4) is 0 Å². The van der Waals surface area contributed by atoms with E-state index in [0.717, 1.165) is 5.56 Å². The predicted octanol–water partition coefficient (Wildman–Crippen LogP) is 3.03. The summed E-state index contributed by atoms with van der Waals surface area (Å²) in [4.78, 5) is 17.1. The Hall–Kier alpha value is -1.68. The molecule has 0 unspecified atom stereocenters. The average molecular weight is 282 g/mol. The Labute approximate surface area is 115 Å². The summed E-state index contributed by atoms with van der Waals surface area (Å²) in [7, 11) is 0. The zero-order chi connectivity index (χ0) is 13.8. The molecule has 0 radical (unpaired) electrons. The molecule has 1 heterocycles. The van der Waals surface area contributed by atoms with Gasteiger partial charge >= 0.3 is 5.70 Å². The van der Waals surface area contributed by atoms with Crippen molar-refractivity contribution in [3.05, 3.63) is 45.5 Å². The first-order valence-corrected chi connectivity index (χ1v) is 6.34. The number of rotatable bonds is 3. The van der Waals surface area contributed by atoms with E-state index in [1.165, 1.54) is 0 Å². The van der Waals surface area contributed by atoms with Gasteiger partial charge in [0.1, 0.15) is 0 Å². The van der Waals surface area contributed by atoms with Crippen LogP contribution in [0.5, 0.6) is 0 Å². The summed E-state index contributed by atoms with van der Waals surface area (Å²) >= 11 is 5.85. The number of halogens is 1. The lowest BCUT2D eigenvalue weighted by Gasteiger charge is -2.22. The van der Waals surface area contributed by atoms with Gasteiger partial charge in [0.15, 0.2) is 0 Å². The summed E-state index contributed by atoms with van der Waals surface area (Å²) in [5.74, 6) is 1.87. The highest BCUT2D eigenvalue weighted by atomic mass is 35.5. The Morgan fingerprint density at radius 2 is 2.21 bits per heavy atom. The number of hydrogen-bond donors (Lipinski definition) is 1. The topological polar surface area (TPSA) is 62.4 Å². The Balaban J connectivity index is 2.31. The summed E-state index contributed by atoms with van der Waals surface area (Å²) in [6, 6.07) is 7.15. The molecule has 1 fully saturated rings. The third kappa shape index (κ3) is 3.01. The van der Waals surface area contributed by atoms with E-state index in [4.69, 9.17) is 26.6 Å². The largest absolute Gasteiger partial charge is 0.361 e. The molecule has 2 atom stereocenters. The van der Waals surface area contributed by atoms with Crippen molar-refractivity contribution in [3.63, 3.8) is 0 Å². The van der Waals surface area contributed by atoms with Crippen molar-refractivity contribution in [3.8, 4) is 0 Å². The van der Waals surface area contributed by atoms with Gasteiger partial charge in [-0.1, -0.05) is 23.7 Å². The van der Waals surface area contributed by atoms with E-state index in [-0.39, 0.29) is 11.6 Å². The van der Waals surface area contributed by atoms with E-state index in [1.807, 2.05) is 19.1 Å². The number of hydrogen-bond acceptors (Lipinski definition) is 4. The molecule has 100 valence electrons. The first-order chi connectivity index (χ1) is 9.15. The van der Waals surface area contributed by atoms with Gasteiger partial charge in [-0.15, -0.1) is 0 Å². The summed E-state index contributed by atoms with van der Waals surface area (Å²) < 4.78 is 5.33. The minimum absolute atomic E-state index is 0.137. The zero-order valence-electron chi connectivity index (χ0n) is 10.4. The molecule has 0 amide bonds. The number of ether oxygens (including phenoxy) is 1. The van der Waals surface area contributed by atoms with Crippen LogP contribution in [0.2, 0.25) is 5.02 Å². The highest BCUT2D eigenvalue weighted by molar-refractivity contribution is 6.30.